The first-order valence-electron chi connectivity index (χ1n) is 11.9. The number of likely N-dealkylation sites (tertiary alicyclic amines) is 1. The minimum atomic E-state index is -0.894. The van der Waals surface area contributed by atoms with Crippen LogP contribution in [0.2, 0.25) is 0 Å². The minimum Gasteiger partial charge on any atom is -0.462 e. The van der Waals surface area contributed by atoms with Crippen molar-refractivity contribution in [1.82, 2.24) is 15.6 Å². The summed E-state index contributed by atoms with van der Waals surface area (Å²) >= 11 is 0. The van der Waals surface area contributed by atoms with Crippen molar-refractivity contribution in [1.29, 1.82) is 0 Å². The number of nitrogens with one attached hydrogen (secondary N) is 3. The summed E-state index contributed by atoms with van der Waals surface area (Å²) in [4.78, 5) is 61.7. The quantitative estimate of drug-likeness (QED) is 0.220. The lowest BCUT2D eigenvalue weighted by Gasteiger charge is -2.18. The predicted molar refractivity (Wildman–Crippen MR) is 132 cm³/mol. The van der Waals surface area contributed by atoms with E-state index in [4.69, 9.17) is 9.15 Å². The van der Waals surface area contributed by atoms with Gasteiger partial charge in [-0.25, -0.2) is 10.2 Å². The molecule has 1 aromatic carbocycles. The third-order valence-corrected chi connectivity index (χ3v) is 5.41. The number of rotatable bonds is 7. The number of carbonyl (C=O) groups excluding carboxylic acids is 5. The van der Waals surface area contributed by atoms with E-state index < -0.39 is 29.6 Å². The molecule has 2 heterocycles. The van der Waals surface area contributed by atoms with Gasteiger partial charge >= 0.3 is 29.6 Å². The summed E-state index contributed by atoms with van der Waals surface area (Å²) in [6, 6.07) is 9.04. The highest BCUT2D eigenvalue weighted by atomic mass is 16.5. The Kier molecular flexibility index (Phi) is 9.94. The maximum Gasteiger partial charge on any atom is 0.338 e. The molecule has 0 spiro atoms. The summed E-state index contributed by atoms with van der Waals surface area (Å²) < 4.78 is 10.4. The van der Waals surface area contributed by atoms with Crippen LogP contribution in [0.25, 0.3) is 0 Å². The number of ether oxygens (including phenoxy) is 1. The lowest BCUT2D eigenvalue weighted by atomic mass is 10.2. The molecule has 3 rings (SSSR count). The molecule has 0 saturated carbocycles. The molecule has 12 nitrogen and oxygen atoms in total. The minimum absolute atomic E-state index is 0.0678. The van der Waals surface area contributed by atoms with E-state index >= 15 is 0 Å². The molecule has 0 aliphatic carbocycles. The van der Waals surface area contributed by atoms with Crippen molar-refractivity contribution in [3.8, 4) is 0 Å². The molecule has 4 amide bonds. The van der Waals surface area contributed by atoms with Crippen LogP contribution in [0.5, 0.6) is 0 Å². The molecule has 1 aliphatic heterocycles. The van der Waals surface area contributed by atoms with Crippen LogP contribution < -0.4 is 16.1 Å². The molecule has 0 unspecified atom stereocenters. The number of esters is 1. The fraction of sp³-hybridized carbons (Fsp3) is 0.360. The molecule has 1 saturated heterocycles. The Morgan fingerprint density at radius 3 is 2.32 bits per heavy atom. The van der Waals surface area contributed by atoms with Crippen molar-refractivity contribution in [2.45, 2.75) is 39.2 Å². The Balaban J connectivity index is 1.42. The zero-order chi connectivity index (χ0) is 26.6. The van der Waals surface area contributed by atoms with Crippen molar-refractivity contribution < 1.29 is 33.1 Å². The lowest BCUT2D eigenvalue weighted by molar-refractivity contribution is -0.145. The van der Waals surface area contributed by atoms with Gasteiger partial charge in [0.1, 0.15) is 11.5 Å². The number of furan rings is 1. The smallest absolute Gasteiger partial charge is 0.338 e. The summed E-state index contributed by atoms with van der Waals surface area (Å²) in [5.74, 6) is -3.08. The molecule has 1 aromatic heterocycles. The summed E-state index contributed by atoms with van der Waals surface area (Å²) in [6.07, 6.45) is 5.06. The Bertz CT molecular complexity index is 1150. The fourth-order valence-electron chi connectivity index (χ4n) is 3.52. The first-order chi connectivity index (χ1) is 17.9. The molecule has 0 bridgehead atoms. The van der Waals surface area contributed by atoms with E-state index in [-0.39, 0.29) is 18.9 Å². The zero-order valence-electron chi connectivity index (χ0n) is 20.5. The second-order valence-electron chi connectivity index (χ2n) is 8.14. The Morgan fingerprint density at radius 1 is 0.946 bits per heavy atom. The molecule has 196 valence electrons. The maximum atomic E-state index is 12.2. The number of hydrogen-bond donors (Lipinski definition) is 3. The van der Waals surface area contributed by atoms with E-state index in [0.29, 0.717) is 30.1 Å². The summed E-state index contributed by atoms with van der Waals surface area (Å²) in [5, 5.41) is 8.60. The Morgan fingerprint density at radius 2 is 1.65 bits per heavy atom. The van der Waals surface area contributed by atoms with E-state index in [0.717, 1.165) is 25.7 Å². The van der Waals surface area contributed by atoms with Crippen LogP contribution in [0.1, 0.15) is 54.5 Å². The van der Waals surface area contributed by atoms with Gasteiger partial charge in [-0.2, -0.15) is 5.10 Å². The zero-order valence-corrected chi connectivity index (χ0v) is 20.5. The third kappa shape index (κ3) is 8.30. The number of hydrogen-bond acceptors (Lipinski definition) is 8. The largest absolute Gasteiger partial charge is 0.462 e. The standard InChI is InChI=1S/C25H29N5O7/c1-2-36-25(35)17-7-9-18(10-8-17)28-22(32)21(31)26-15-19-11-12-20(37-19)16-27-29-23(33)24(34)30-13-5-3-4-6-14-30/h7-12,16H,2-6,13-15H2,1H3,(H,26,31)(H,28,32)(H,29,33)/b27-16+. The third-order valence-electron chi connectivity index (χ3n) is 5.41. The molecule has 1 fully saturated rings. The highest BCUT2D eigenvalue weighted by Gasteiger charge is 2.22. The van der Waals surface area contributed by atoms with Crippen molar-refractivity contribution in [3.05, 3.63) is 53.5 Å². The van der Waals surface area contributed by atoms with E-state index in [1.807, 2.05) is 0 Å². The van der Waals surface area contributed by atoms with Gasteiger partial charge in [0.2, 0.25) is 0 Å². The van der Waals surface area contributed by atoms with Crippen LogP contribution in [-0.2, 0) is 30.5 Å². The van der Waals surface area contributed by atoms with Gasteiger partial charge in [-0.05, 0) is 56.2 Å². The number of nitrogens with zero attached hydrogens (tertiary/aromatic N) is 2. The van der Waals surface area contributed by atoms with E-state index in [2.05, 4.69) is 21.2 Å². The number of benzene rings is 1. The van der Waals surface area contributed by atoms with Crippen molar-refractivity contribution >= 4 is 41.5 Å². The van der Waals surface area contributed by atoms with Crippen molar-refractivity contribution in [3.63, 3.8) is 0 Å². The van der Waals surface area contributed by atoms with Gasteiger partial charge in [-0.15, -0.1) is 0 Å². The molecule has 0 atom stereocenters. The van der Waals surface area contributed by atoms with Gasteiger partial charge in [-0.3, -0.25) is 19.2 Å². The summed E-state index contributed by atoms with van der Waals surface area (Å²) in [6.45, 7) is 3.00. The highest BCUT2D eigenvalue weighted by molar-refractivity contribution is 6.39. The summed E-state index contributed by atoms with van der Waals surface area (Å²) in [7, 11) is 0. The number of anilines is 1. The van der Waals surface area contributed by atoms with E-state index in [1.165, 1.54) is 35.4 Å². The van der Waals surface area contributed by atoms with Crippen LogP contribution >= 0.6 is 0 Å². The van der Waals surface area contributed by atoms with Gasteiger partial charge in [0.15, 0.2) is 0 Å². The van der Waals surface area contributed by atoms with Crippen LogP contribution in [0.4, 0.5) is 5.69 Å². The number of amides is 4. The molecule has 37 heavy (non-hydrogen) atoms. The Hall–Kier alpha value is -4.48. The monoisotopic (exact) mass is 511 g/mol. The van der Waals surface area contributed by atoms with E-state index in [9.17, 15) is 24.0 Å². The Labute approximate surface area is 213 Å². The normalized spacial score (nSPS) is 13.5. The molecule has 12 heteroatoms. The van der Waals surface area contributed by atoms with Crippen LogP contribution in [0.15, 0.2) is 45.9 Å². The average molecular weight is 512 g/mol. The van der Waals surface area contributed by atoms with Crippen molar-refractivity contribution in [2.75, 3.05) is 25.0 Å². The first-order valence-corrected chi connectivity index (χ1v) is 11.9. The summed E-state index contributed by atoms with van der Waals surface area (Å²) in [5.41, 5.74) is 2.85. The SMILES string of the molecule is CCOC(=O)c1ccc(NC(=O)C(=O)NCc2ccc(/C=N/NC(=O)C(=O)N3CCCCCC3)o2)cc1. The number of hydrazone groups is 1. The molecule has 1 aliphatic rings. The van der Waals surface area contributed by atoms with Crippen LogP contribution in [0, 0.1) is 0 Å². The van der Waals surface area contributed by atoms with Crippen LogP contribution in [0.3, 0.4) is 0 Å². The van der Waals surface area contributed by atoms with Gasteiger partial charge in [0.05, 0.1) is 24.9 Å². The second-order valence-corrected chi connectivity index (χ2v) is 8.14. The second kappa shape index (κ2) is 13.6. The first kappa shape index (κ1) is 27.1. The van der Waals surface area contributed by atoms with Gasteiger partial charge in [0, 0.05) is 18.8 Å². The lowest BCUT2D eigenvalue weighted by Crippen LogP contribution is -2.41. The molecule has 3 N–H and O–H groups in total. The maximum absolute atomic E-state index is 12.2. The predicted octanol–water partition coefficient (Wildman–Crippen LogP) is 1.56. The number of carbonyl (C=O) groups is 5. The fourth-order valence-corrected chi connectivity index (χ4v) is 3.52. The molecular formula is C25H29N5O7. The molecule has 0 radical (unpaired) electrons. The van der Waals surface area contributed by atoms with Gasteiger partial charge in [0.25, 0.3) is 0 Å². The van der Waals surface area contributed by atoms with Gasteiger partial charge < -0.3 is 24.7 Å². The molecule has 2 aromatic rings. The highest BCUT2D eigenvalue weighted by Crippen LogP contribution is 2.11. The average Bonchev–Trinajstić information content (AvgIpc) is 3.17. The van der Waals surface area contributed by atoms with E-state index in [1.54, 1.807) is 19.1 Å². The molecular weight excluding hydrogens is 482 g/mol. The topological polar surface area (TPSA) is 159 Å². The van der Waals surface area contributed by atoms with Crippen molar-refractivity contribution in [2.24, 2.45) is 5.10 Å². The van der Waals surface area contributed by atoms with Crippen LogP contribution in [-0.4, -0.2) is 60.4 Å². The van der Waals surface area contributed by atoms with Gasteiger partial charge in [-0.1, -0.05) is 12.8 Å².